The van der Waals surface area contributed by atoms with Crippen LogP contribution in [0.5, 0.6) is 0 Å². The van der Waals surface area contributed by atoms with E-state index in [0.29, 0.717) is 18.4 Å². The average Bonchev–Trinajstić information content (AvgIpc) is 2.94. The Kier molecular flexibility index (Phi) is 6.44. The van der Waals surface area contributed by atoms with Crippen molar-refractivity contribution in [3.05, 3.63) is 34.9 Å². The first-order valence-corrected chi connectivity index (χ1v) is 10.7. The minimum atomic E-state index is -3.10. The van der Waals surface area contributed by atoms with Crippen LogP contribution in [0.4, 0.5) is 0 Å². The molecule has 7 heteroatoms. The Morgan fingerprint density at radius 2 is 2.00 bits per heavy atom. The quantitative estimate of drug-likeness (QED) is 0.706. The highest BCUT2D eigenvalue weighted by molar-refractivity contribution is 7.91. The van der Waals surface area contributed by atoms with E-state index in [-0.39, 0.29) is 36.1 Å². The van der Waals surface area contributed by atoms with E-state index in [1.54, 1.807) is 11.0 Å². The Balaban J connectivity index is 2.07. The summed E-state index contributed by atoms with van der Waals surface area (Å²) in [6.45, 7) is 7.14. The van der Waals surface area contributed by atoms with Gasteiger partial charge in [0, 0.05) is 12.1 Å². The molecule has 2 atom stereocenters. The lowest BCUT2D eigenvalue weighted by atomic mass is 10.1. The number of carbonyl (C=O) groups excluding carboxylic acids is 2. The maximum atomic E-state index is 12.7. The summed E-state index contributed by atoms with van der Waals surface area (Å²) in [7, 11) is -3.10. The van der Waals surface area contributed by atoms with Crippen molar-refractivity contribution in [3.8, 4) is 0 Å². The number of hydrogen-bond donors (Lipinski definition) is 0. The molecule has 1 saturated heterocycles. The van der Waals surface area contributed by atoms with Crippen LogP contribution < -0.4 is 0 Å². The maximum absolute atomic E-state index is 12.7. The van der Waals surface area contributed by atoms with E-state index >= 15 is 0 Å². The predicted octanol–water partition coefficient (Wildman–Crippen LogP) is 2.27. The summed E-state index contributed by atoms with van der Waals surface area (Å²) in [6.07, 6.45) is 1.14. The van der Waals surface area contributed by atoms with Crippen molar-refractivity contribution < 1.29 is 22.7 Å². The van der Waals surface area contributed by atoms with Gasteiger partial charge in [0.15, 0.2) is 16.4 Å². The van der Waals surface area contributed by atoms with E-state index < -0.39 is 15.8 Å². The van der Waals surface area contributed by atoms with Crippen molar-refractivity contribution in [2.45, 2.75) is 52.6 Å². The zero-order valence-corrected chi connectivity index (χ0v) is 16.6. The summed E-state index contributed by atoms with van der Waals surface area (Å²) in [6, 6.07) is 5.02. The van der Waals surface area contributed by atoms with Gasteiger partial charge in [0.05, 0.1) is 17.1 Å². The van der Waals surface area contributed by atoms with Crippen LogP contribution in [-0.2, 0) is 19.4 Å². The van der Waals surface area contributed by atoms with Crippen LogP contribution in [0.2, 0.25) is 0 Å². The monoisotopic (exact) mass is 381 g/mol. The zero-order valence-electron chi connectivity index (χ0n) is 15.8. The summed E-state index contributed by atoms with van der Waals surface area (Å²) in [5, 5.41) is 0. The van der Waals surface area contributed by atoms with Gasteiger partial charge in [-0.2, -0.15) is 0 Å². The lowest BCUT2D eigenvalue weighted by molar-refractivity contribution is -0.138. The summed E-state index contributed by atoms with van der Waals surface area (Å²) in [5.41, 5.74) is 2.16. The van der Waals surface area contributed by atoms with Crippen molar-refractivity contribution in [2.24, 2.45) is 0 Å². The highest BCUT2D eigenvalue weighted by Crippen LogP contribution is 2.21. The Morgan fingerprint density at radius 3 is 2.58 bits per heavy atom. The molecule has 1 aromatic carbocycles. The van der Waals surface area contributed by atoms with Gasteiger partial charge >= 0.3 is 5.97 Å². The number of amides is 1. The number of rotatable bonds is 6. The number of aryl methyl sites for hydroxylation is 2. The van der Waals surface area contributed by atoms with Gasteiger partial charge < -0.3 is 9.64 Å². The molecule has 0 spiro atoms. The van der Waals surface area contributed by atoms with Gasteiger partial charge in [-0.3, -0.25) is 4.79 Å². The van der Waals surface area contributed by atoms with Crippen LogP contribution in [0, 0.1) is 13.8 Å². The lowest BCUT2D eigenvalue weighted by Gasteiger charge is -2.33. The minimum absolute atomic E-state index is 0.0198. The Bertz CT molecular complexity index is 787. The van der Waals surface area contributed by atoms with Gasteiger partial charge in [-0.25, -0.2) is 13.2 Å². The molecule has 1 fully saturated rings. The Morgan fingerprint density at radius 1 is 1.31 bits per heavy atom. The highest BCUT2D eigenvalue weighted by atomic mass is 32.2. The molecule has 1 aliphatic heterocycles. The standard InChI is InChI=1S/C19H27NO5S/c1-5-15(4)20(16-8-9-26(23,24)12-16)18(21)11-25-19(22)17-10-13(2)6-7-14(17)3/h6-7,10,15-16H,5,8-9,11-12H2,1-4H3/t15-,16-/m0/s1. The first kappa shape index (κ1) is 20.4. The summed E-state index contributed by atoms with van der Waals surface area (Å²) >= 11 is 0. The van der Waals surface area contributed by atoms with E-state index in [0.717, 1.165) is 11.1 Å². The van der Waals surface area contributed by atoms with E-state index in [4.69, 9.17) is 4.74 Å². The number of ether oxygens (including phenoxy) is 1. The molecule has 0 bridgehead atoms. The van der Waals surface area contributed by atoms with Gasteiger partial charge in [0.25, 0.3) is 5.91 Å². The molecule has 2 rings (SSSR count). The van der Waals surface area contributed by atoms with Crippen LogP contribution in [0.15, 0.2) is 18.2 Å². The second kappa shape index (κ2) is 8.20. The molecule has 0 aliphatic carbocycles. The smallest absolute Gasteiger partial charge is 0.338 e. The molecule has 26 heavy (non-hydrogen) atoms. The lowest BCUT2D eigenvalue weighted by Crippen LogP contribution is -2.48. The Labute approximate surface area is 155 Å². The number of sulfone groups is 1. The normalized spacial score (nSPS) is 19.8. The second-order valence-corrected chi connectivity index (χ2v) is 9.24. The summed E-state index contributed by atoms with van der Waals surface area (Å²) < 4.78 is 28.8. The number of hydrogen-bond acceptors (Lipinski definition) is 5. The molecule has 1 aliphatic rings. The van der Waals surface area contributed by atoms with Crippen LogP contribution in [0.3, 0.4) is 0 Å². The van der Waals surface area contributed by atoms with Crippen molar-refractivity contribution in [3.63, 3.8) is 0 Å². The summed E-state index contributed by atoms with van der Waals surface area (Å²) in [5.74, 6) is -0.809. The molecule has 1 aromatic rings. The molecule has 1 amide bonds. The van der Waals surface area contributed by atoms with Crippen molar-refractivity contribution in [2.75, 3.05) is 18.1 Å². The van der Waals surface area contributed by atoms with Gasteiger partial charge in [-0.15, -0.1) is 0 Å². The second-order valence-electron chi connectivity index (χ2n) is 7.01. The number of esters is 1. The summed E-state index contributed by atoms with van der Waals surface area (Å²) in [4.78, 5) is 26.6. The maximum Gasteiger partial charge on any atom is 0.338 e. The fourth-order valence-electron chi connectivity index (χ4n) is 3.24. The largest absolute Gasteiger partial charge is 0.452 e. The molecule has 144 valence electrons. The van der Waals surface area contributed by atoms with E-state index in [1.807, 2.05) is 39.8 Å². The molecular formula is C19H27NO5S. The first-order chi connectivity index (χ1) is 12.1. The van der Waals surface area contributed by atoms with Crippen LogP contribution in [-0.4, -0.2) is 55.4 Å². The van der Waals surface area contributed by atoms with Gasteiger partial charge in [0.1, 0.15) is 0 Å². The van der Waals surface area contributed by atoms with Gasteiger partial charge in [0.2, 0.25) is 0 Å². The van der Waals surface area contributed by atoms with Crippen molar-refractivity contribution in [1.29, 1.82) is 0 Å². The minimum Gasteiger partial charge on any atom is -0.452 e. The zero-order chi connectivity index (χ0) is 19.5. The fraction of sp³-hybridized carbons (Fsp3) is 0.579. The number of carbonyl (C=O) groups is 2. The van der Waals surface area contributed by atoms with Crippen LogP contribution >= 0.6 is 0 Å². The van der Waals surface area contributed by atoms with Crippen LogP contribution in [0.25, 0.3) is 0 Å². The highest BCUT2D eigenvalue weighted by Gasteiger charge is 2.36. The fourth-order valence-corrected chi connectivity index (χ4v) is 4.95. The number of benzene rings is 1. The van der Waals surface area contributed by atoms with Crippen molar-refractivity contribution >= 4 is 21.7 Å². The third-order valence-electron chi connectivity index (χ3n) is 4.90. The topological polar surface area (TPSA) is 80.8 Å². The molecule has 0 saturated carbocycles. The molecule has 0 N–H and O–H groups in total. The third-order valence-corrected chi connectivity index (χ3v) is 6.65. The van der Waals surface area contributed by atoms with E-state index in [9.17, 15) is 18.0 Å². The van der Waals surface area contributed by atoms with Gasteiger partial charge in [-0.1, -0.05) is 24.6 Å². The first-order valence-electron chi connectivity index (χ1n) is 8.90. The molecule has 0 radical (unpaired) electrons. The number of nitrogens with zero attached hydrogens (tertiary/aromatic N) is 1. The molecule has 0 unspecified atom stereocenters. The molecule has 0 aromatic heterocycles. The van der Waals surface area contributed by atoms with Gasteiger partial charge in [-0.05, 0) is 45.2 Å². The van der Waals surface area contributed by atoms with E-state index in [2.05, 4.69) is 0 Å². The molecule has 6 nitrogen and oxygen atoms in total. The molecule has 1 heterocycles. The third kappa shape index (κ3) is 4.84. The van der Waals surface area contributed by atoms with E-state index in [1.165, 1.54) is 0 Å². The van der Waals surface area contributed by atoms with Crippen LogP contribution in [0.1, 0.15) is 48.2 Å². The SMILES string of the molecule is CC[C@H](C)N(C(=O)COC(=O)c1cc(C)ccc1C)[C@H]1CCS(=O)(=O)C1. The van der Waals surface area contributed by atoms with Crippen molar-refractivity contribution in [1.82, 2.24) is 4.90 Å². The Hall–Kier alpha value is -1.89. The predicted molar refractivity (Wildman–Crippen MR) is 99.9 cm³/mol. The average molecular weight is 381 g/mol. The molecular weight excluding hydrogens is 354 g/mol.